The fraction of sp³-hybridized carbons (Fsp3) is 0.300. The smallest absolute Gasteiger partial charge is 0.259 e. The molecule has 0 aliphatic carbocycles. The van der Waals surface area contributed by atoms with E-state index in [2.05, 4.69) is 23.4 Å². The molecule has 0 aliphatic heterocycles. The van der Waals surface area contributed by atoms with Crippen LogP contribution < -0.4 is 5.56 Å². The maximum Gasteiger partial charge on any atom is 0.259 e. The molecule has 0 unspecified atom stereocenters. The molecule has 2 aromatic heterocycles. The van der Waals surface area contributed by atoms with Crippen LogP contribution in [-0.4, -0.2) is 15.3 Å². The lowest BCUT2D eigenvalue weighted by molar-refractivity contribution is 0.101. The lowest BCUT2D eigenvalue weighted by Gasteiger charge is -2.15. The van der Waals surface area contributed by atoms with Crippen molar-refractivity contribution in [2.45, 2.75) is 40.7 Å². The van der Waals surface area contributed by atoms with Crippen molar-refractivity contribution in [2.24, 2.45) is 0 Å². The Kier molecular flexibility index (Phi) is 3.91. The highest BCUT2D eigenvalue weighted by atomic mass is 16.1. The van der Waals surface area contributed by atoms with Crippen molar-refractivity contribution in [3.63, 3.8) is 0 Å². The van der Waals surface area contributed by atoms with Gasteiger partial charge in [-0.15, -0.1) is 0 Å². The predicted octanol–water partition coefficient (Wildman–Crippen LogP) is 4.40. The minimum atomic E-state index is -0.314. The first-order valence-corrected chi connectivity index (χ1v) is 8.18. The number of pyridine rings is 1. The summed E-state index contributed by atoms with van der Waals surface area (Å²) in [6, 6.07) is 10.3. The van der Waals surface area contributed by atoms with Crippen molar-refractivity contribution in [1.29, 1.82) is 0 Å². The van der Waals surface area contributed by atoms with Crippen molar-refractivity contribution in [3.05, 3.63) is 57.5 Å². The quantitative estimate of drug-likeness (QED) is 0.727. The second-order valence-electron chi connectivity index (χ2n) is 6.52. The van der Waals surface area contributed by atoms with Gasteiger partial charge in [0.25, 0.3) is 5.56 Å². The van der Waals surface area contributed by atoms with E-state index in [4.69, 9.17) is 0 Å². The first-order chi connectivity index (χ1) is 11.3. The third kappa shape index (κ3) is 2.30. The summed E-state index contributed by atoms with van der Waals surface area (Å²) in [6.07, 6.45) is 0. The molecule has 0 radical (unpaired) electrons. The molecule has 3 rings (SSSR count). The van der Waals surface area contributed by atoms with Crippen LogP contribution in [0.15, 0.2) is 35.1 Å². The van der Waals surface area contributed by atoms with Gasteiger partial charge >= 0.3 is 0 Å². The summed E-state index contributed by atoms with van der Waals surface area (Å²) in [5, 5.41) is 0.965. The summed E-state index contributed by atoms with van der Waals surface area (Å²) in [5.41, 5.74) is 4.62. The molecule has 0 bridgehead atoms. The number of aryl methyl sites for hydroxylation is 2. The van der Waals surface area contributed by atoms with E-state index in [1.165, 1.54) is 6.92 Å². The highest BCUT2D eigenvalue weighted by molar-refractivity contribution is 6.04. The van der Waals surface area contributed by atoms with Gasteiger partial charge in [0.05, 0.1) is 16.8 Å². The average Bonchev–Trinajstić information content (AvgIpc) is 2.80. The predicted molar refractivity (Wildman–Crippen MR) is 97.9 cm³/mol. The Bertz CT molecular complexity index is 992. The highest BCUT2D eigenvalue weighted by Crippen LogP contribution is 2.36. The summed E-state index contributed by atoms with van der Waals surface area (Å²) in [6.45, 7) is 9.59. The van der Waals surface area contributed by atoms with E-state index in [9.17, 15) is 9.59 Å². The van der Waals surface area contributed by atoms with E-state index in [0.717, 1.165) is 33.4 Å². The number of carbonyl (C=O) groups excluding carboxylic acids is 1. The van der Waals surface area contributed by atoms with Gasteiger partial charge in [0, 0.05) is 22.7 Å². The van der Waals surface area contributed by atoms with Crippen LogP contribution in [0.5, 0.6) is 0 Å². The molecule has 0 saturated carbocycles. The average molecular weight is 322 g/mol. The number of H-pyrrole nitrogens is 1. The monoisotopic (exact) mass is 322 g/mol. The molecule has 0 fully saturated rings. The SMILES string of the molecule is CC(=O)c1c(C)c2c(C)n(C(C)C)c(-c3ccccc3)c2[nH]c1=O. The van der Waals surface area contributed by atoms with E-state index in [-0.39, 0.29) is 22.9 Å². The summed E-state index contributed by atoms with van der Waals surface area (Å²) in [7, 11) is 0. The van der Waals surface area contributed by atoms with E-state index < -0.39 is 0 Å². The van der Waals surface area contributed by atoms with Gasteiger partial charge in [-0.3, -0.25) is 9.59 Å². The lowest BCUT2D eigenvalue weighted by atomic mass is 10.0. The van der Waals surface area contributed by atoms with Crippen LogP contribution in [0, 0.1) is 13.8 Å². The first-order valence-electron chi connectivity index (χ1n) is 8.18. The number of hydrogen-bond donors (Lipinski definition) is 1. The number of benzene rings is 1. The normalized spacial score (nSPS) is 11.4. The molecule has 0 amide bonds. The molecule has 0 saturated heterocycles. The molecule has 0 aliphatic rings. The standard InChI is InChI=1S/C20H22N2O2/c1-11(2)22-13(4)16-12(3)17(14(5)23)20(24)21-18(16)19(22)15-9-7-6-8-10-15/h6-11H,1-5H3,(H,21,24). The van der Waals surface area contributed by atoms with E-state index in [0.29, 0.717) is 0 Å². The molecule has 4 nitrogen and oxygen atoms in total. The van der Waals surface area contributed by atoms with Gasteiger partial charge in [-0.2, -0.15) is 0 Å². The van der Waals surface area contributed by atoms with Crippen LogP contribution in [0.2, 0.25) is 0 Å². The molecule has 2 heterocycles. The van der Waals surface area contributed by atoms with Crippen molar-refractivity contribution in [3.8, 4) is 11.3 Å². The Morgan fingerprint density at radius 1 is 1.12 bits per heavy atom. The summed E-state index contributed by atoms with van der Waals surface area (Å²) in [4.78, 5) is 27.4. The van der Waals surface area contributed by atoms with Gasteiger partial charge in [-0.25, -0.2) is 0 Å². The zero-order valence-corrected chi connectivity index (χ0v) is 14.7. The number of aromatic nitrogens is 2. The van der Waals surface area contributed by atoms with Gasteiger partial charge in [0.15, 0.2) is 5.78 Å². The first kappa shape index (κ1) is 16.2. The Balaban J connectivity index is 2.55. The van der Waals surface area contributed by atoms with E-state index in [1.54, 1.807) is 0 Å². The number of aromatic amines is 1. The van der Waals surface area contributed by atoms with Crippen LogP contribution in [0.1, 0.15) is 48.4 Å². The summed E-state index contributed by atoms with van der Waals surface area (Å²) >= 11 is 0. The van der Waals surface area contributed by atoms with Crippen molar-refractivity contribution in [1.82, 2.24) is 9.55 Å². The van der Waals surface area contributed by atoms with Gasteiger partial charge in [-0.1, -0.05) is 30.3 Å². The second kappa shape index (κ2) is 5.78. The van der Waals surface area contributed by atoms with Gasteiger partial charge in [-0.05, 0) is 40.2 Å². The zero-order chi connectivity index (χ0) is 17.6. The van der Waals surface area contributed by atoms with Crippen LogP contribution >= 0.6 is 0 Å². The molecule has 124 valence electrons. The van der Waals surface area contributed by atoms with Gasteiger partial charge in [0.1, 0.15) is 0 Å². The Morgan fingerprint density at radius 3 is 2.29 bits per heavy atom. The van der Waals surface area contributed by atoms with Crippen molar-refractivity contribution >= 4 is 16.7 Å². The molecule has 3 aromatic rings. The third-order valence-electron chi connectivity index (χ3n) is 4.58. The Morgan fingerprint density at radius 2 is 1.75 bits per heavy atom. The maximum absolute atomic E-state index is 12.5. The number of carbonyl (C=O) groups is 1. The fourth-order valence-corrected chi connectivity index (χ4v) is 3.71. The minimum Gasteiger partial charge on any atom is -0.340 e. The maximum atomic E-state index is 12.5. The van der Waals surface area contributed by atoms with Gasteiger partial charge in [0.2, 0.25) is 0 Å². The molecule has 4 heteroatoms. The van der Waals surface area contributed by atoms with Crippen LogP contribution in [0.25, 0.3) is 22.2 Å². The number of nitrogens with one attached hydrogen (secondary N) is 1. The topological polar surface area (TPSA) is 54.9 Å². The Labute approximate surface area is 141 Å². The number of fused-ring (bicyclic) bond motifs is 1. The van der Waals surface area contributed by atoms with Crippen LogP contribution in [0.3, 0.4) is 0 Å². The third-order valence-corrected chi connectivity index (χ3v) is 4.58. The number of rotatable bonds is 3. The number of nitrogens with zero attached hydrogens (tertiary/aromatic N) is 1. The largest absolute Gasteiger partial charge is 0.340 e. The van der Waals surface area contributed by atoms with Crippen molar-refractivity contribution < 1.29 is 4.79 Å². The Hall–Kier alpha value is -2.62. The van der Waals surface area contributed by atoms with E-state index >= 15 is 0 Å². The van der Waals surface area contributed by atoms with Crippen molar-refractivity contribution in [2.75, 3.05) is 0 Å². The molecule has 1 aromatic carbocycles. The summed E-state index contributed by atoms with van der Waals surface area (Å²) < 4.78 is 2.23. The summed E-state index contributed by atoms with van der Waals surface area (Å²) in [5.74, 6) is -0.200. The highest BCUT2D eigenvalue weighted by Gasteiger charge is 2.23. The van der Waals surface area contributed by atoms with Crippen LogP contribution in [0.4, 0.5) is 0 Å². The number of Topliss-reactive ketones (excluding diaryl/α,β-unsaturated/α-hetero) is 1. The van der Waals surface area contributed by atoms with Crippen LogP contribution in [-0.2, 0) is 0 Å². The van der Waals surface area contributed by atoms with E-state index in [1.807, 2.05) is 44.2 Å². The molecular weight excluding hydrogens is 300 g/mol. The fourth-order valence-electron chi connectivity index (χ4n) is 3.71. The lowest BCUT2D eigenvalue weighted by Crippen LogP contribution is -2.18. The molecule has 24 heavy (non-hydrogen) atoms. The second-order valence-corrected chi connectivity index (χ2v) is 6.52. The number of hydrogen-bond acceptors (Lipinski definition) is 2. The van der Waals surface area contributed by atoms with Gasteiger partial charge < -0.3 is 9.55 Å². The molecule has 0 spiro atoms. The molecule has 1 N–H and O–H groups in total. The number of ketones is 1. The molecular formula is C20H22N2O2. The minimum absolute atomic E-state index is 0.200. The zero-order valence-electron chi connectivity index (χ0n) is 14.7. The molecule has 0 atom stereocenters.